The highest BCUT2D eigenvalue weighted by molar-refractivity contribution is 6.31. The number of hydrazone groups is 1. The van der Waals surface area contributed by atoms with E-state index in [0.29, 0.717) is 16.5 Å². The minimum atomic E-state index is -0.699. The van der Waals surface area contributed by atoms with Gasteiger partial charge in [-0.25, -0.2) is 4.98 Å². The number of hydrogen-bond donors (Lipinski definition) is 0. The Labute approximate surface area is 149 Å². The van der Waals surface area contributed by atoms with E-state index in [-0.39, 0.29) is 5.91 Å². The lowest BCUT2D eigenvalue weighted by Gasteiger charge is -2.20. The number of halogens is 1. The lowest BCUT2D eigenvalue weighted by molar-refractivity contribution is -0.135. The number of nitrogens with zero attached hydrogens (tertiary/aromatic N) is 4. The second-order valence-corrected chi connectivity index (χ2v) is 6.14. The van der Waals surface area contributed by atoms with Crippen molar-refractivity contribution in [1.82, 2.24) is 14.4 Å². The third-order valence-electron chi connectivity index (χ3n) is 4.04. The topological polar surface area (TPSA) is 59.2 Å². The van der Waals surface area contributed by atoms with Crippen LogP contribution in [0.4, 0.5) is 0 Å². The average Bonchev–Trinajstić information content (AvgIpc) is 3.15. The molecule has 7 heteroatoms. The number of ether oxygens (including phenoxy) is 1. The number of pyridine rings is 1. The van der Waals surface area contributed by atoms with E-state index in [4.69, 9.17) is 16.3 Å². The molecular formula is C18H15ClN4O2. The van der Waals surface area contributed by atoms with Crippen LogP contribution in [0.25, 0.3) is 5.65 Å². The molecule has 1 aliphatic heterocycles. The van der Waals surface area contributed by atoms with Crippen LogP contribution in [0, 0.1) is 6.92 Å². The Hall–Kier alpha value is -2.86. The molecule has 126 valence electrons. The van der Waals surface area contributed by atoms with Crippen molar-refractivity contribution in [3.8, 4) is 0 Å². The fourth-order valence-corrected chi connectivity index (χ4v) is 3.14. The molecule has 2 aromatic heterocycles. The molecule has 0 spiro atoms. The first-order valence-electron chi connectivity index (χ1n) is 7.80. The lowest BCUT2D eigenvalue weighted by atomic mass is 10.2. The highest BCUT2D eigenvalue weighted by Gasteiger charge is 2.36. The highest BCUT2D eigenvalue weighted by Crippen LogP contribution is 2.34. The number of amides is 1. The first-order valence-corrected chi connectivity index (χ1v) is 8.17. The zero-order valence-corrected chi connectivity index (χ0v) is 14.4. The van der Waals surface area contributed by atoms with E-state index in [2.05, 4.69) is 10.1 Å². The number of hydrogen-bond acceptors (Lipinski definition) is 4. The van der Waals surface area contributed by atoms with E-state index < -0.39 is 6.23 Å². The summed E-state index contributed by atoms with van der Waals surface area (Å²) in [5, 5.41) is 6.22. The summed E-state index contributed by atoms with van der Waals surface area (Å²) in [5.41, 5.74) is 2.96. The van der Waals surface area contributed by atoms with Crippen LogP contribution in [-0.4, -0.2) is 26.2 Å². The Morgan fingerprint density at radius 2 is 1.96 bits per heavy atom. The van der Waals surface area contributed by atoms with Gasteiger partial charge in [-0.3, -0.25) is 9.20 Å². The van der Waals surface area contributed by atoms with Crippen molar-refractivity contribution in [3.05, 3.63) is 70.6 Å². The third-order valence-corrected chi connectivity index (χ3v) is 4.39. The SMILES string of the molecule is CC(=O)N1N=C(c2c(C)nc3ccccn23)O[C@@H]1c1ccccc1Cl. The van der Waals surface area contributed by atoms with Crippen molar-refractivity contribution in [2.45, 2.75) is 20.1 Å². The van der Waals surface area contributed by atoms with Gasteiger partial charge in [0, 0.05) is 23.7 Å². The quantitative estimate of drug-likeness (QED) is 0.707. The van der Waals surface area contributed by atoms with Crippen LogP contribution < -0.4 is 0 Å². The Bertz CT molecular complexity index is 1010. The van der Waals surface area contributed by atoms with Gasteiger partial charge in [0.15, 0.2) is 0 Å². The van der Waals surface area contributed by atoms with Gasteiger partial charge in [0.25, 0.3) is 5.90 Å². The number of aryl methyl sites for hydroxylation is 1. The molecule has 0 radical (unpaired) electrons. The van der Waals surface area contributed by atoms with Gasteiger partial charge in [0.1, 0.15) is 11.3 Å². The summed E-state index contributed by atoms with van der Waals surface area (Å²) in [6.45, 7) is 3.33. The minimum Gasteiger partial charge on any atom is -0.445 e. The Morgan fingerprint density at radius 3 is 2.72 bits per heavy atom. The molecule has 0 bridgehead atoms. The zero-order chi connectivity index (χ0) is 17.6. The largest absolute Gasteiger partial charge is 0.445 e. The minimum absolute atomic E-state index is 0.230. The maximum Gasteiger partial charge on any atom is 0.260 e. The molecule has 25 heavy (non-hydrogen) atoms. The molecular weight excluding hydrogens is 340 g/mol. The molecule has 1 atom stereocenters. The monoisotopic (exact) mass is 354 g/mol. The molecule has 1 aromatic carbocycles. The van der Waals surface area contributed by atoms with Crippen LogP contribution in [0.15, 0.2) is 53.8 Å². The Kier molecular flexibility index (Phi) is 3.69. The van der Waals surface area contributed by atoms with Gasteiger partial charge in [0.05, 0.1) is 5.69 Å². The molecule has 0 unspecified atom stereocenters. The van der Waals surface area contributed by atoms with E-state index in [1.807, 2.05) is 53.9 Å². The average molecular weight is 355 g/mol. The predicted molar refractivity (Wildman–Crippen MR) is 94.3 cm³/mol. The third kappa shape index (κ3) is 2.55. The van der Waals surface area contributed by atoms with Gasteiger partial charge in [0.2, 0.25) is 12.1 Å². The van der Waals surface area contributed by atoms with Crippen LogP contribution >= 0.6 is 11.6 Å². The lowest BCUT2D eigenvalue weighted by Crippen LogP contribution is -2.25. The highest BCUT2D eigenvalue weighted by atomic mass is 35.5. The second kappa shape index (κ2) is 5.89. The maximum absolute atomic E-state index is 12.1. The van der Waals surface area contributed by atoms with Gasteiger partial charge >= 0.3 is 0 Å². The van der Waals surface area contributed by atoms with Crippen LogP contribution in [0.1, 0.15) is 30.1 Å². The first kappa shape index (κ1) is 15.7. The van der Waals surface area contributed by atoms with Gasteiger partial charge in [-0.15, -0.1) is 5.10 Å². The van der Waals surface area contributed by atoms with E-state index in [1.165, 1.54) is 11.9 Å². The van der Waals surface area contributed by atoms with Crippen LogP contribution in [0.2, 0.25) is 5.02 Å². The van der Waals surface area contributed by atoms with Gasteiger partial charge in [-0.1, -0.05) is 35.9 Å². The van der Waals surface area contributed by atoms with E-state index in [1.54, 1.807) is 6.07 Å². The first-order chi connectivity index (χ1) is 12.1. The van der Waals surface area contributed by atoms with Crippen LogP contribution in [-0.2, 0) is 9.53 Å². The van der Waals surface area contributed by atoms with Gasteiger partial charge in [-0.05, 0) is 25.1 Å². The second-order valence-electron chi connectivity index (χ2n) is 5.74. The summed E-state index contributed by atoms with van der Waals surface area (Å²) in [7, 11) is 0. The number of aromatic nitrogens is 2. The summed E-state index contributed by atoms with van der Waals surface area (Å²) in [4.78, 5) is 16.6. The molecule has 0 fully saturated rings. The molecule has 0 aliphatic carbocycles. The maximum atomic E-state index is 12.1. The smallest absolute Gasteiger partial charge is 0.260 e. The summed E-state index contributed by atoms with van der Waals surface area (Å²) < 4.78 is 7.94. The summed E-state index contributed by atoms with van der Waals surface area (Å²) in [6.07, 6.45) is 1.19. The van der Waals surface area contributed by atoms with Gasteiger partial charge in [-0.2, -0.15) is 5.01 Å². The van der Waals surface area contributed by atoms with Crippen LogP contribution in [0.3, 0.4) is 0 Å². The Morgan fingerprint density at radius 1 is 1.20 bits per heavy atom. The van der Waals surface area contributed by atoms with Crippen molar-refractivity contribution in [2.75, 3.05) is 0 Å². The fraction of sp³-hybridized carbons (Fsp3) is 0.167. The molecule has 4 rings (SSSR count). The molecule has 1 amide bonds. The molecule has 0 saturated heterocycles. The van der Waals surface area contributed by atoms with E-state index >= 15 is 0 Å². The number of imidazole rings is 1. The normalized spacial score (nSPS) is 16.8. The molecule has 0 N–H and O–H groups in total. The number of benzene rings is 1. The van der Waals surface area contributed by atoms with Crippen molar-refractivity contribution >= 4 is 29.1 Å². The summed E-state index contributed by atoms with van der Waals surface area (Å²) in [5.74, 6) is 0.114. The van der Waals surface area contributed by atoms with Crippen molar-refractivity contribution in [2.24, 2.45) is 5.10 Å². The Balaban J connectivity index is 1.82. The summed E-state index contributed by atoms with van der Waals surface area (Å²) >= 11 is 6.29. The fourth-order valence-electron chi connectivity index (χ4n) is 2.91. The number of carbonyl (C=O) groups is 1. The summed E-state index contributed by atoms with van der Waals surface area (Å²) in [6, 6.07) is 13.0. The van der Waals surface area contributed by atoms with Crippen molar-refractivity contribution < 1.29 is 9.53 Å². The predicted octanol–water partition coefficient (Wildman–Crippen LogP) is 3.54. The van der Waals surface area contributed by atoms with Crippen molar-refractivity contribution in [1.29, 1.82) is 0 Å². The molecule has 0 saturated carbocycles. The van der Waals surface area contributed by atoms with E-state index in [0.717, 1.165) is 17.0 Å². The molecule has 1 aliphatic rings. The van der Waals surface area contributed by atoms with E-state index in [9.17, 15) is 4.79 Å². The molecule has 3 aromatic rings. The number of carbonyl (C=O) groups excluding carboxylic acids is 1. The zero-order valence-electron chi connectivity index (χ0n) is 13.7. The standard InChI is InChI=1S/C18H15ClN4O2/c1-11-16(22-10-6-5-9-15(22)20-11)17-21-23(12(2)24)18(25-17)13-7-3-4-8-14(13)19/h3-10,18H,1-2H3/t18-/m1/s1. The van der Waals surface area contributed by atoms with Crippen molar-refractivity contribution in [3.63, 3.8) is 0 Å². The number of rotatable bonds is 2. The molecule has 6 nitrogen and oxygen atoms in total. The van der Waals surface area contributed by atoms with Crippen LogP contribution in [0.5, 0.6) is 0 Å². The molecule has 3 heterocycles. The van der Waals surface area contributed by atoms with Gasteiger partial charge < -0.3 is 4.74 Å². The number of fused-ring (bicyclic) bond motifs is 1.